The molecule has 0 aliphatic carbocycles. The van der Waals surface area contributed by atoms with E-state index in [2.05, 4.69) is 41.9 Å². The summed E-state index contributed by atoms with van der Waals surface area (Å²) in [7, 11) is 0. The number of guanidine groups is 1. The Bertz CT molecular complexity index is 2440. The van der Waals surface area contributed by atoms with Gasteiger partial charge in [-0.2, -0.15) is 0 Å². The molecule has 4 rings (SSSR count). The number of aliphatic imine (C=N–C) groups is 1. The molecule has 0 bridgehead atoms. The molecule has 0 saturated carbocycles. The van der Waals surface area contributed by atoms with Crippen LogP contribution in [0.3, 0.4) is 0 Å². The average Bonchev–Trinajstić information content (AvgIpc) is 3.95. The van der Waals surface area contributed by atoms with Crippen molar-refractivity contribution in [2.75, 3.05) is 24.5 Å². The highest BCUT2D eigenvalue weighted by Crippen LogP contribution is 2.36. The van der Waals surface area contributed by atoms with Crippen LogP contribution in [0, 0.1) is 32.1 Å². The maximum absolute atomic E-state index is 14.1. The Labute approximate surface area is 403 Å². The monoisotopic (exact) mass is 976 g/mol. The number of carbonyl (C=O) groups is 7. The number of nitrogens with zero attached hydrogens (tertiary/aromatic N) is 4. The highest BCUT2D eigenvalue weighted by Gasteiger charge is 2.37. The molecule has 2 aromatic carbocycles. The number of nitro benzene ring substituents is 2. The van der Waals surface area contributed by atoms with Gasteiger partial charge in [-0.05, 0) is 75.0 Å². The SMILES string of the molecule is CC(C)CC(NC(=O)CNC(=O)C(CC(C)C)NC(=O)C1CCCN1c1ccc([N+](=O)[O-])cc1[N+](=O)[O-])C(=O)NC(Cc1c[nH]c2ccccc12)C(=O)NC(C)C(=O)NC(CCCN=C(N)N)C(N)=O. The normalized spacial score (nSPS) is 15.5. The van der Waals surface area contributed by atoms with Gasteiger partial charge in [-0.3, -0.25) is 58.8 Å². The van der Waals surface area contributed by atoms with Crippen LogP contribution in [0.4, 0.5) is 17.1 Å². The molecule has 25 nitrogen and oxygen atoms in total. The first kappa shape index (κ1) is 54.7. The minimum absolute atomic E-state index is 0.0147. The Balaban J connectivity index is 1.46. The summed E-state index contributed by atoms with van der Waals surface area (Å²) >= 11 is 0. The second-order valence-electron chi connectivity index (χ2n) is 18.0. The number of aromatic nitrogens is 1. The number of H-pyrrole nitrogens is 1. The molecule has 0 radical (unpaired) electrons. The molecule has 1 fully saturated rings. The van der Waals surface area contributed by atoms with Gasteiger partial charge in [0, 0.05) is 42.7 Å². The molecule has 7 amide bonds. The largest absolute Gasteiger partial charge is 0.370 e. The van der Waals surface area contributed by atoms with Crippen molar-refractivity contribution in [3.8, 4) is 0 Å². The lowest BCUT2D eigenvalue weighted by molar-refractivity contribution is -0.393. The lowest BCUT2D eigenvalue weighted by Crippen LogP contribution is -2.58. The van der Waals surface area contributed by atoms with E-state index in [-0.39, 0.29) is 68.7 Å². The molecule has 1 aliphatic heterocycles. The molecule has 0 spiro atoms. The van der Waals surface area contributed by atoms with E-state index in [0.29, 0.717) is 18.4 Å². The number of anilines is 1. The lowest BCUT2D eigenvalue weighted by Gasteiger charge is -2.28. The third kappa shape index (κ3) is 15.9. The zero-order valence-corrected chi connectivity index (χ0v) is 39.8. The number of rotatable bonds is 26. The standard InChI is InChI=1S/C45H64N14O11/c1-24(2)18-32(56-44(66)36-13-9-17-57(36)35-15-14-28(58(67)68)21-37(35)59(69)70)41(63)51-23-38(60)53-33(19-25(3)4)43(65)55-34(20-27-22-50-30-11-7-6-10-29(27)30)42(64)52-26(5)40(62)54-31(39(46)61)12-8-16-49-45(47)48/h6-7,10-11,14-15,21-22,24-26,31-34,36,50H,8-9,12-13,16-20,23H2,1-5H3,(H2,46,61)(H,51,63)(H,52,64)(H,53,60)(H,54,62)(H,55,65)(H,56,66)(H4,47,48,49). The smallest absolute Gasteiger partial charge is 0.299 e. The van der Waals surface area contributed by atoms with Crippen molar-refractivity contribution in [2.45, 2.75) is 116 Å². The third-order valence-corrected chi connectivity index (χ3v) is 11.4. The van der Waals surface area contributed by atoms with E-state index in [9.17, 15) is 53.8 Å². The van der Waals surface area contributed by atoms with Gasteiger partial charge in [-0.1, -0.05) is 45.9 Å². The van der Waals surface area contributed by atoms with Crippen molar-refractivity contribution in [3.63, 3.8) is 0 Å². The first-order chi connectivity index (χ1) is 33.1. The Morgan fingerprint density at radius 2 is 1.43 bits per heavy atom. The summed E-state index contributed by atoms with van der Waals surface area (Å²) in [5.41, 5.74) is 16.6. The first-order valence-electron chi connectivity index (χ1n) is 22.9. The molecule has 13 N–H and O–H groups in total. The predicted octanol–water partition coefficient (Wildman–Crippen LogP) is 0.387. The van der Waals surface area contributed by atoms with Gasteiger partial charge in [-0.25, -0.2) is 0 Å². The van der Waals surface area contributed by atoms with Crippen LogP contribution < -0.4 is 54.0 Å². The maximum atomic E-state index is 14.1. The Morgan fingerprint density at radius 3 is 2.06 bits per heavy atom. The fraction of sp³-hybridized carbons (Fsp3) is 0.511. The second kappa shape index (κ2) is 25.5. The van der Waals surface area contributed by atoms with E-state index >= 15 is 0 Å². The van der Waals surface area contributed by atoms with Crippen molar-refractivity contribution in [1.82, 2.24) is 36.9 Å². The highest BCUT2D eigenvalue weighted by atomic mass is 16.6. The van der Waals surface area contributed by atoms with Crippen molar-refractivity contribution in [3.05, 3.63) is 74.5 Å². The van der Waals surface area contributed by atoms with Crippen LogP contribution in [0.25, 0.3) is 10.9 Å². The fourth-order valence-corrected chi connectivity index (χ4v) is 8.02. The van der Waals surface area contributed by atoms with Crippen LogP contribution in [0.2, 0.25) is 0 Å². The Morgan fingerprint density at radius 1 is 0.786 bits per heavy atom. The molecule has 1 saturated heterocycles. The lowest BCUT2D eigenvalue weighted by atomic mass is 10.0. The van der Waals surface area contributed by atoms with Crippen LogP contribution in [-0.2, 0) is 40.0 Å². The number of nitrogens with one attached hydrogen (secondary N) is 7. The van der Waals surface area contributed by atoms with Crippen LogP contribution in [-0.4, -0.2) is 118 Å². The molecule has 6 atom stereocenters. The zero-order chi connectivity index (χ0) is 51.8. The van der Waals surface area contributed by atoms with Crippen molar-refractivity contribution in [2.24, 2.45) is 34.0 Å². The maximum Gasteiger partial charge on any atom is 0.299 e. The summed E-state index contributed by atoms with van der Waals surface area (Å²) in [6.07, 6.45) is 3.07. The molecule has 25 heteroatoms. The number of amides is 7. The number of nitrogens with two attached hydrogens (primary N) is 3. The minimum atomic E-state index is -1.29. The Hall–Kier alpha value is -7.86. The number of para-hydroxylation sites is 1. The van der Waals surface area contributed by atoms with E-state index in [1.165, 1.54) is 17.9 Å². The molecular weight excluding hydrogens is 913 g/mol. The second-order valence-corrected chi connectivity index (χ2v) is 18.0. The summed E-state index contributed by atoms with van der Waals surface area (Å²) in [4.78, 5) is 125. The van der Waals surface area contributed by atoms with E-state index in [1.807, 2.05) is 52.0 Å². The zero-order valence-electron chi connectivity index (χ0n) is 39.8. The van der Waals surface area contributed by atoms with E-state index in [4.69, 9.17) is 17.2 Å². The van der Waals surface area contributed by atoms with Gasteiger partial charge in [0.05, 0.1) is 22.5 Å². The molecule has 380 valence electrons. The summed E-state index contributed by atoms with van der Waals surface area (Å²) in [6, 6.07) is 3.57. The summed E-state index contributed by atoms with van der Waals surface area (Å²) in [5.74, 6) is -5.53. The minimum Gasteiger partial charge on any atom is -0.370 e. The van der Waals surface area contributed by atoms with Crippen LogP contribution in [0.5, 0.6) is 0 Å². The van der Waals surface area contributed by atoms with Crippen molar-refractivity contribution >= 4 is 75.3 Å². The van der Waals surface area contributed by atoms with Gasteiger partial charge in [0.1, 0.15) is 41.9 Å². The number of aromatic amines is 1. The van der Waals surface area contributed by atoms with Gasteiger partial charge in [-0.15, -0.1) is 0 Å². The molecule has 3 aromatic rings. The van der Waals surface area contributed by atoms with E-state index in [1.54, 1.807) is 6.20 Å². The summed E-state index contributed by atoms with van der Waals surface area (Å²) in [6.45, 7) is 8.46. The number of hydrogen-bond donors (Lipinski definition) is 10. The number of benzene rings is 2. The molecule has 6 unspecified atom stereocenters. The number of hydrogen-bond acceptors (Lipinski definition) is 13. The van der Waals surface area contributed by atoms with Gasteiger partial charge in [0.15, 0.2) is 5.96 Å². The Kier molecular flexibility index (Phi) is 19.9. The van der Waals surface area contributed by atoms with Gasteiger partial charge < -0.3 is 59.0 Å². The highest BCUT2D eigenvalue weighted by molar-refractivity contribution is 5.97. The van der Waals surface area contributed by atoms with Crippen LogP contribution in [0.15, 0.2) is 53.7 Å². The van der Waals surface area contributed by atoms with Gasteiger partial charge in [0.25, 0.3) is 11.4 Å². The topological polar surface area (TPSA) is 387 Å². The van der Waals surface area contributed by atoms with E-state index in [0.717, 1.165) is 23.0 Å². The number of non-ortho nitro benzene ring substituents is 1. The van der Waals surface area contributed by atoms with Crippen LogP contribution >= 0.6 is 0 Å². The quantitative estimate of drug-likeness (QED) is 0.0171. The van der Waals surface area contributed by atoms with Gasteiger partial charge >= 0.3 is 0 Å². The molecular formula is C45H64N14O11. The average molecular weight is 977 g/mol. The number of nitro groups is 2. The third-order valence-electron chi connectivity index (χ3n) is 11.4. The first-order valence-corrected chi connectivity index (χ1v) is 22.9. The molecule has 70 heavy (non-hydrogen) atoms. The molecule has 1 aliphatic rings. The number of fused-ring (bicyclic) bond motifs is 1. The number of carbonyl (C=O) groups excluding carboxylic acids is 7. The van der Waals surface area contributed by atoms with E-state index < -0.39 is 105 Å². The van der Waals surface area contributed by atoms with Crippen LogP contribution in [0.1, 0.15) is 78.7 Å². The fourth-order valence-electron chi connectivity index (χ4n) is 8.02. The summed E-state index contributed by atoms with van der Waals surface area (Å²) in [5, 5.41) is 39.8. The van der Waals surface area contributed by atoms with Crippen molar-refractivity contribution < 1.29 is 43.4 Å². The predicted molar refractivity (Wildman–Crippen MR) is 258 cm³/mol. The van der Waals surface area contributed by atoms with Crippen molar-refractivity contribution in [1.29, 1.82) is 0 Å². The summed E-state index contributed by atoms with van der Waals surface area (Å²) < 4.78 is 0. The molecule has 2 heterocycles. The molecule has 1 aromatic heterocycles. The number of primary amides is 1. The van der Waals surface area contributed by atoms with Gasteiger partial charge in [0.2, 0.25) is 41.4 Å².